The Labute approximate surface area is 89.0 Å². The Kier molecular flexibility index (Phi) is 4.55. The Balaban J connectivity index is 2.35. The number of aliphatic hydroxyl groups excluding tert-OH is 1. The number of hydrogen-bond acceptors (Lipinski definition) is 4. The summed E-state index contributed by atoms with van der Waals surface area (Å²) >= 11 is 0. The number of nitrogens with zero attached hydrogens (tertiary/aromatic N) is 1. The lowest BCUT2D eigenvalue weighted by molar-refractivity contribution is -0.134. The fourth-order valence-electron chi connectivity index (χ4n) is 1.39. The first kappa shape index (κ1) is 12.0. The number of aliphatic hydroxyl groups is 1. The summed E-state index contributed by atoms with van der Waals surface area (Å²) in [5.74, 6) is -0.352. The van der Waals surface area contributed by atoms with Gasteiger partial charge in [-0.05, 0) is 12.8 Å². The molecule has 1 heterocycles. The molecule has 0 bridgehead atoms. The molecule has 1 saturated heterocycles. The van der Waals surface area contributed by atoms with Crippen LogP contribution in [0.25, 0.3) is 0 Å². The maximum Gasteiger partial charge on any atom is 0.416 e. The van der Waals surface area contributed by atoms with Gasteiger partial charge in [0.15, 0.2) is 0 Å². The summed E-state index contributed by atoms with van der Waals surface area (Å²) in [5.41, 5.74) is 0. The van der Waals surface area contributed by atoms with E-state index in [0.29, 0.717) is 13.0 Å². The molecule has 0 aliphatic carbocycles. The maximum absolute atomic E-state index is 11.4. The van der Waals surface area contributed by atoms with Crippen molar-refractivity contribution in [1.29, 1.82) is 0 Å². The van der Waals surface area contributed by atoms with Gasteiger partial charge in [0.25, 0.3) is 0 Å². The van der Waals surface area contributed by atoms with E-state index in [1.54, 1.807) is 0 Å². The molecule has 0 aromatic heterocycles. The van der Waals surface area contributed by atoms with Crippen LogP contribution < -0.4 is 0 Å². The molecule has 5 heteroatoms. The van der Waals surface area contributed by atoms with E-state index >= 15 is 0 Å². The van der Waals surface area contributed by atoms with Gasteiger partial charge in [-0.3, -0.25) is 4.79 Å². The van der Waals surface area contributed by atoms with Crippen molar-refractivity contribution >= 4 is 12.0 Å². The largest absolute Gasteiger partial charge is 0.449 e. The Bertz CT molecular complexity index is 242. The third-order valence-electron chi connectivity index (χ3n) is 2.34. The molecular weight excluding hydrogens is 198 g/mol. The summed E-state index contributed by atoms with van der Waals surface area (Å²) in [5, 5.41) is 9.19. The van der Waals surface area contributed by atoms with Crippen LogP contribution in [0.3, 0.4) is 0 Å². The first-order valence-electron chi connectivity index (χ1n) is 5.30. The monoisotopic (exact) mass is 215 g/mol. The van der Waals surface area contributed by atoms with E-state index < -0.39 is 12.2 Å². The van der Waals surface area contributed by atoms with Crippen molar-refractivity contribution in [3.8, 4) is 0 Å². The molecule has 0 aromatic carbocycles. The summed E-state index contributed by atoms with van der Waals surface area (Å²) in [6.07, 6.45) is 1.01. The van der Waals surface area contributed by atoms with Gasteiger partial charge in [-0.2, -0.15) is 0 Å². The van der Waals surface area contributed by atoms with Crippen molar-refractivity contribution in [3.63, 3.8) is 0 Å². The third kappa shape index (κ3) is 3.51. The number of carbonyl (C=O) groups is 2. The highest BCUT2D eigenvalue weighted by molar-refractivity contribution is 5.92. The first-order valence-corrected chi connectivity index (χ1v) is 5.30. The Hall–Kier alpha value is -1.10. The number of amides is 2. The molecule has 1 N–H and O–H groups in total. The van der Waals surface area contributed by atoms with Crippen LogP contribution in [0.2, 0.25) is 0 Å². The molecule has 15 heavy (non-hydrogen) atoms. The van der Waals surface area contributed by atoms with Gasteiger partial charge in [-0.25, -0.2) is 9.69 Å². The third-order valence-corrected chi connectivity index (χ3v) is 2.34. The number of hydrogen-bond donors (Lipinski definition) is 1. The number of ether oxygens (including phenoxy) is 1. The predicted octanol–water partition coefficient (Wildman–Crippen LogP) is 0.906. The lowest BCUT2D eigenvalue weighted by atomic mass is 10.1. The Morgan fingerprint density at radius 1 is 1.67 bits per heavy atom. The van der Waals surface area contributed by atoms with E-state index in [1.165, 1.54) is 0 Å². The molecule has 1 aliphatic heterocycles. The Morgan fingerprint density at radius 3 is 3.00 bits per heavy atom. The average Bonchev–Trinajstić information content (AvgIpc) is 2.17. The number of carbonyl (C=O) groups excluding carboxylic acids is 2. The van der Waals surface area contributed by atoms with Crippen LogP contribution in [0.15, 0.2) is 0 Å². The second-order valence-corrected chi connectivity index (χ2v) is 3.66. The molecule has 0 spiro atoms. The van der Waals surface area contributed by atoms with Gasteiger partial charge in [-0.15, -0.1) is 0 Å². The second-order valence-electron chi connectivity index (χ2n) is 3.66. The van der Waals surface area contributed by atoms with Crippen LogP contribution in [0.4, 0.5) is 4.79 Å². The van der Waals surface area contributed by atoms with Crippen LogP contribution in [-0.4, -0.2) is 41.3 Å². The number of imide groups is 1. The Morgan fingerprint density at radius 2 is 2.40 bits per heavy atom. The van der Waals surface area contributed by atoms with Crippen molar-refractivity contribution in [2.24, 2.45) is 0 Å². The van der Waals surface area contributed by atoms with Crippen molar-refractivity contribution in [2.75, 3.05) is 13.2 Å². The fourth-order valence-corrected chi connectivity index (χ4v) is 1.39. The number of piperidine rings is 1. The quantitative estimate of drug-likeness (QED) is 0.710. The van der Waals surface area contributed by atoms with Gasteiger partial charge in [0.05, 0.1) is 19.1 Å². The summed E-state index contributed by atoms with van der Waals surface area (Å²) in [6.45, 7) is 2.60. The van der Waals surface area contributed by atoms with E-state index in [4.69, 9.17) is 4.74 Å². The van der Waals surface area contributed by atoms with Gasteiger partial charge in [0.1, 0.15) is 0 Å². The molecule has 1 aliphatic rings. The minimum Gasteiger partial charge on any atom is -0.449 e. The van der Waals surface area contributed by atoms with E-state index in [0.717, 1.165) is 17.7 Å². The van der Waals surface area contributed by atoms with Gasteiger partial charge in [-0.1, -0.05) is 13.3 Å². The van der Waals surface area contributed by atoms with Gasteiger partial charge in [0, 0.05) is 6.54 Å². The standard InChI is InChI=1S/C10H17NO4/c1-2-3-6-15-10(14)11-5-4-8(12)7-9(11)13/h8,12H,2-7H2,1H3. The molecule has 86 valence electrons. The normalized spacial score (nSPS) is 21.6. The zero-order valence-electron chi connectivity index (χ0n) is 8.94. The smallest absolute Gasteiger partial charge is 0.416 e. The van der Waals surface area contributed by atoms with Crippen molar-refractivity contribution < 1.29 is 19.4 Å². The van der Waals surface area contributed by atoms with E-state index in [-0.39, 0.29) is 18.9 Å². The lowest BCUT2D eigenvalue weighted by Crippen LogP contribution is -2.44. The van der Waals surface area contributed by atoms with Crippen LogP contribution >= 0.6 is 0 Å². The van der Waals surface area contributed by atoms with Crippen molar-refractivity contribution in [1.82, 2.24) is 4.90 Å². The average molecular weight is 215 g/mol. The molecule has 1 fully saturated rings. The van der Waals surface area contributed by atoms with E-state index in [1.807, 2.05) is 6.92 Å². The first-order chi connectivity index (χ1) is 7.15. The van der Waals surface area contributed by atoms with Crippen molar-refractivity contribution in [3.05, 3.63) is 0 Å². The molecule has 1 unspecified atom stereocenters. The molecule has 0 saturated carbocycles. The zero-order chi connectivity index (χ0) is 11.3. The van der Waals surface area contributed by atoms with Gasteiger partial charge in [0.2, 0.25) is 5.91 Å². The zero-order valence-corrected chi connectivity index (χ0v) is 8.94. The topological polar surface area (TPSA) is 66.8 Å². The molecule has 0 aromatic rings. The van der Waals surface area contributed by atoms with Crippen LogP contribution in [-0.2, 0) is 9.53 Å². The summed E-state index contributed by atoms with van der Waals surface area (Å²) in [7, 11) is 0. The van der Waals surface area contributed by atoms with Gasteiger partial charge < -0.3 is 9.84 Å². The molecule has 1 rings (SSSR count). The van der Waals surface area contributed by atoms with E-state index in [2.05, 4.69) is 0 Å². The summed E-state index contributed by atoms with van der Waals surface area (Å²) < 4.78 is 4.91. The lowest BCUT2D eigenvalue weighted by Gasteiger charge is -2.26. The molecule has 2 amide bonds. The highest BCUT2D eigenvalue weighted by atomic mass is 16.6. The molecule has 0 radical (unpaired) electrons. The van der Waals surface area contributed by atoms with Crippen LogP contribution in [0, 0.1) is 0 Å². The van der Waals surface area contributed by atoms with Crippen molar-refractivity contribution in [2.45, 2.75) is 38.7 Å². The van der Waals surface area contributed by atoms with Crippen LogP contribution in [0.5, 0.6) is 0 Å². The number of unbranched alkanes of at least 4 members (excludes halogenated alkanes) is 1. The molecular formula is C10H17NO4. The van der Waals surface area contributed by atoms with E-state index in [9.17, 15) is 14.7 Å². The minimum atomic E-state index is -0.614. The van der Waals surface area contributed by atoms with Gasteiger partial charge >= 0.3 is 6.09 Å². The minimum absolute atomic E-state index is 0.0167. The number of rotatable bonds is 3. The second kappa shape index (κ2) is 5.70. The summed E-state index contributed by atoms with van der Waals surface area (Å²) in [6, 6.07) is 0. The SMILES string of the molecule is CCCCOC(=O)N1CCC(O)CC1=O. The summed E-state index contributed by atoms with van der Waals surface area (Å²) in [4.78, 5) is 23.8. The molecule has 1 atom stereocenters. The highest BCUT2D eigenvalue weighted by Crippen LogP contribution is 2.12. The predicted molar refractivity (Wildman–Crippen MR) is 53.2 cm³/mol. The van der Waals surface area contributed by atoms with Crippen LogP contribution in [0.1, 0.15) is 32.6 Å². The number of likely N-dealkylation sites (tertiary alicyclic amines) is 1. The fraction of sp³-hybridized carbons (Fsp3) is 0.800. The molecule has 5 nitrogen and oxygen atoms in total. The maximum atomic E-state index is 11.4. The highest BCUT2D eigenvalue weighted by Gasteiger charge is 2.29.